The number of carbonyl (C=O) groups is 1. The SMILES string of the molecule is COC(=O)CCCN1CCCN(S(=O)(=O)c2ccccc2)CC1. The maximum absolute atomic E-state index is 12.6. The second kappa shape index (κ2) is 8.42. The summed E-state index contributed by atoms with van der Waals surface area (Å²) in [4.78, 5) is 13.7. The van der Waals surface area contributed by atoms with Gasteiger partial charge in [-0.05, 0) is 38.1 Å². The number of methoxy groups -OCH3 is 1. The Bertz CT molecular complexity index is 604. The van der Waals surface area contributed by atoms with Crippen LogP contribution in [0.25, 0.3) is 0 Å². The van der Waals surface area contributed by atoms with E-state index in [2.05, 4.69) is 9.64 Å². The van der Waals surface area contributed by atoms with E-state index in [1.54, 1.807) is 28.6 Å². The lowest BCUT2D eigenvalue weighted by atomic mass is 10.3. The first-order valence-corrected chi connectivity index (χ1v) is 9.32. The molecule has 2 rings (SSSR count). The zero-order chi connectivity index (χ0) is 16.7. The Morgan fingerprint density at radius 3 is 2.57 bits per heavy atom. The van der Waals surface area contributed by atoms with Crippen molar-refractivity contribution in [3.05, 3.63) is 30.3 Å². The maximum Gasteiger partial charge on any atom is 0.305 e. The molecule has 0 amide bonds. The van der Waals surface area contributed by atoms with Gasteiger partial charge >= 0.3 is 5.97 Å². The molecule has 0 N–H and O–H groups in total. The van der Waals surface area contributed by atoms with Crippen molar-refractivity contribution in [2.75, 3.05) is 39.8 Å². The molecule has 1 aromatic carbocycles. The molecule has 0 bridgehead atoms. The lowest BCUT2D eigenvalue weighted by Crippen LogP contribution is -2.35. The van der Waals surface area contributed by atoms with Crippen molar-refractivity contribution in [2.24, 2.45) is 0 Å². The number of carbonyl (C=O) groups excluding carboxylic acids is 1. The van der Waals surface area contributed by atoms with Crippen LogP contribution in [0.4, 0.5) is 0 Å². The minimum atomic E-state index is -3.41. The highest BCUT2D eigenvalue weighted by molar-refractivity contribution is 7.89. The fourth-order valence-corrected chi connectivity index (χ4v) is 4.19. The van der Waals surface area contributed by atoms with Gasteiger partial charge in [0.1, 0.15) is 0 Å². The topological polar surface area (TPSA) is 66.9 Å². The summed E-state index contributed by atoms with van der Waals surface area (Å²) in [5.74, 6) is -0.201. The molecule has 1 aliphatic rings. The van der Waals surface area contributed by atoms with Gasteiger partial charge in [-0.25, -0.2) is 8.42 Å². The zero-order valence-corrected chi connectivity index (χ0v) is 14.3. The van der Waals surface area contributed by atoms with E-state index in [9.17, 15) is 13.2 Å². The molecule has 0 spiro atoms. The summed E-state index contributed by atoms with van der Waals surface area (Å²) < 4.78 is 31.5. The van der Waals surface area contributed by atoms with Crippen molar-refractivity contribution < 1.29 is 17.9 Å². The number of nitrogens with zero attached hydrogens (tertiary/aromatic N) is 2. The van der Waals surface area contributed by atoms with E-state index in [1.165, 1.54) is 7.11 Å². The van der Waals surface area contributed by atoms with Gasteiger partial charge in [0.05, 0.1) is 12.0 Å². The smallest absolute Gasteiger partial charge is 0.305 e. The van der Waals surface area contributed by atoms with Crippen molar-refractivity contribution in [2.45, 2.75) is 24.2 Å². The molecule has 0 unspecified atom stereocenters. The highest BCUT2D eigenvalue weighted by atomic mass is 32.2. The molecule has 0 radical (unpaired) electrons. The molecule has 1 fully saturated rings. The van der Waals surface area contributed by atoms with Gasteiger partial charge in [-0.3, -0.25) is 4.79 Å². The molecule has 0 saturated carbocycles. The van der Waals surface area contributed by atoms with Crippen molar-refractivity contribution in [3.63, 3.8) is 0 Å². The zero-order valence-electron chi connectivity index (χ0n) is 13.5. The van der Waals surface area contributed by atoms with Crippen LogP contribution in [0, 0.1) is 0 Å². The molecule has 0 aromatic heterocycles. The van der Waals surface area contributed by atoms with E-state index >= 15 is 0 Å². The number of ether oxygens (including phenoxy) is 1. The summed E-state index contributed by atoms with van der Waals surface area (Å²) >= 11 is 0. The van der Waals surface area contributed by atoms with Crippen LogP contribution in [0.15, 0.2) is 35.2 Å². The van der Waals surface area contributed by atoms with Crippen LogP contribution in [-0.2, 0) is 19.6 Å². The van der Waals surface area contributed by atoms with Crippen molar-refractivity contribution in [1.29, 1.82) is 0 Å². The van der Waals surface area contributed by atoms with E-state index in [1.807, 2.05) is 6.07 Å². The van der Waals surface area contributed by atoms with Gasteiger partial charge in [-0.15, -0.1) is 0 Å². The predicted octanol–water partition coefficient (Wildman–Crippen LogP) is 1.34. The molecular formula is C16H24N2O4S. The van der Waals surface area contributed by atoms with Crippen molar-refractivity contribution in [1.82, 2.24) is 9.21 Å². The van der Waals surface area contributed by atoms with E-state index in [4.69, 9.17) is 0 Å². The number of hydrogen-bond donors (Lipinski definition) is 0. The Morgan fingerprint density at radius 2 is 1.87 bits per heavy atom. The van der Waals surface area contributed by atoms with Gasteiger partial charge in [0, 0.05) is 26.1 Å². The molecule has 0 aliphatic carbocycles. The Balaban J connectivity index is 1.90. The molecule has 6 nitrogen and oxygen atoms in total. The van der Waals surface area contributed by atoms with Gasteiger partial charge in [0.25, 0.3) is 0 Å². The summed E-state index contributed by atoms with van der Waals surface area (Å²) in [6, 6.07) is 8.56. The summed E-state index contributed by atoms with van der Waals surface area (Å²) in [6.07, 6.45) is 1.93. The van der Waals surface area contributed by atoms with Gasteiger partial charge in [0.2, 0.25) is 10.0 Å². The molecule has 1 aliphatic heterocycles. The molecule has 1 saturated heterocycles. The Hall–Kier alpha value is -1.44. The first-order valence-electron chi connectivity index (χ1n) is 7.88. The van der Waals surface area contributed by atoms with Crippen LogP contribution in [-0.4, -0.2) is 63.4 Å². The largest absolute Gasteiger partial charge is 0.469 e. The van der Waals surface area contributed by atoms with E-state index in [0.29, 0.717) is 31.0 Å². The third-order valence-corrected chi connectivity index (χ3v) is 5.92. The Morgan fingerprint density at radius 1 is 1.13 bits per heavy atom. The number of rotatable bonds is 6. The van der Waals surface area contributed by atoms with Crippen LogP contribution in [0.1, 0.15) is 19.3 Å². The molecule has 1 aromatic rings. The quantitative estimate of drug-likeness (QED) is 0.731. The lowest BCUT2D eigenvalue weighted by Gasteiger charge is -2.21. The minimum Gasteiger partial charge on any atom is -0.469 e. The molecule has 7 heteroatoms. The van der Waals surface area contributed by atoms with E-state index < -0.39 is 10.0 Å². The van der Waals surface area contributed by atoms with Crippen molar-refractivity contribution >= 4 is 16.0 Å². The van der Waals surface area contributed by atoms with Gasteiger partial charge in [0.15, 0.2) is 0 Å². The predicted molar refractivity (Wildman–Crippen MR) is 87.5 cm³/mol. The molecule has 128 valence electrons. The number of sulfonamides is 1. The van der Waals surface area contributed by atoms with E-state index in [-0.39, 0.29) is 5.97 Å². The lowest BCUT2D eigenvalue weighted by molar-refractivity contribution is -0.140. The van der Waals surface area contributed by atoms with Crippen LogP contribution in [0.3, 0.4) is 0 Å². The molecule has 23 heavy (non-hydrogen) atoms. The minimum absolute atomic E-state index is 0.201. The fraction of sp³-hybridized carbons (Fsp3) is 0.562. The highest BCUT2D eigenvalue weighted by Crippen LogP contribution is 2.17. The number of benzene rings is 1. The standard InChI is InChI=1S/C16H24N2O4S/c1-22-16(19)9-5-10-17-11-6-12-18(14-13-17)23(20,21)15-7-3-2-4-8-15/h2-4,7-8H,5-6,9-14H2,1H3. The fourth-order valence-electron chi connectivity index (χ4n) is 2.70. The summed E-state index contributed by atoms with van der Waals surface area (Å²) in [7, 11) is -2.02. The first kappa shape index (κ1) is 17.9. The number of esters is 1. The second-order valence-electron chi connectivity index (χ2n) is 5.59. The average Bonchev–Trinajstić information content (AvgIpc) is 2.81. The van der Waals surface area contributed by atoms with Crippen LogP contribution < -0.4 is 0 Å². The third kappa shape index (κ3) is 5.02. The van der Waals surface area contributed by atoms with Crippen molar-refractivity contribution in [3.8, 4) is 0 Å². The summed E-state index contributed by atoms with van der Waals surface area (Å²) in [6.45, 7) is 3.34. The van der Waals surface area contributed by atoms with E-state index in [0.717, 1.165) is 25.9 Å². The van der Waals surface area contributed by atoms with Gasteiger partial charge < -0.3 is 9.64 Å². The normalized spacial score (nSPS) is 17.6. The van der Waals surface area contributed by atoms with Crippen LogP contribution in [0.5, 0.6) is 0 Å². The Kier molecular flexibility index (Phi) is 6.56. The summed E-state index contributed by atoms with van der Waals surface area (Å²) in [5, 5.41) is 0. The summed E-state index contributed by atoms with van der Waals surface area (Å²) in [5.41, 5.74) is 0. The Labute approximate surface area is 138 Å². The van der Waals surface area contributed by atoms with Crippen LogP contribution >= 0.6 is 0 Å². The first-order chi connectivity index (χ1) is 11.0. The molecular weight excluding hydrogens is 316 g/mol. The monoisotopic (exact) mass is 340 g/mol. The van der Waals surface area contributed by atoms with Gasteiger partial charge in [-0.2, -0.15) is 4.31 Å². The molecule has 1 heterocycles. The van der Waals surface area contributed by atoms with Gasteiger partial charge in [-0.1, -0.05) is 18.2 Å². The second-order valence-corrected chi connectivity index (χ2v) is 7.53. The van der Waals surface area contributed by atoms with Crippen LogP contribution in [0.2, 0.25) is 0 Å². The average molecular weight is 340 g/mol. The number of hydrogen-bond acceptors (Lipinski definition) is 5. The maximum atomic E-state index is 12.6. The molecule has 0 atom stereocenters. The third-order valence-electron chi connectivity index (χ3n) is 4.01. The highest BCUT2D eigenvalue weighted by Gasteiger charge is 2.26.